The van der Waals surface area contributed by atoms with Crippen molar-refractivity contribution in [2.75, 3.05) is 6.54 Å². The average Bonchev–Trinajstić information content (AvgIpc) is 2.05. The SMILES string of the molecule is Cc1ccc(C(C)CN)nn1. The van der Waals surface area contributed by atoms with Crippen LogP contribution in [0, 0.1) is 6.92 Å². The molecule has 1 unspecified atom stereocenters. The Bertz CT molecular complexity index is 217. The van der Waals surface area contributed by atoms with Crippen molar-refractivity contribution in [3.63, 3.8) is 0 Å². The van der Waals surface area contributed by atoms with Gasteiger partial charge in [0.2, 0.25) is 0 Å². The van der Waals surface area contributed by atoms with Crippen LogP contribution in [0.25, 0.3) is 0 Å². The smallest absolute Gasteiger partial charge is 0.0672 e. The number of nitrogens with two attached hydrogens (primary N) is 1. The first-order valence-corrected chi connectivity index (χ1v) is 3.74. The lowest BCUT2D eigenvalue weighted by Gasteiger charge is -2.05. The maximum absolute atomic E-state index is 5.47. The van der Waals surface area contributed by atoms with Crippen LogP contribution in [-0.4, -0.2) is 16.7 Å². The summed E-state index contributed by atoms with van der Waals surface area (Å²) in [5, 5.41) is 7.96. The molecule has 2 N–H and O–H groups in total. The monoisotopic (exact) mass is 151 g/mol. The molecule has 0 aliphatic rings. The van der Waals surface area contributed by atoms with E-state index in [9.17, 15) is 0 Å². The molecule has 0 saturated heterocycles. The van der Waals surface area contributed by atoms with Gasteiger partial charge in [-0.25, -0.2) is 0 Å². The van der Waals surface area contributed by atoms with Crippen molar-refractivity contribution in [1.29, 1.82) is 0 Å². The third-order valence-corrected chi connectivity index (χ3v) is 1.68. The van der Waals surface area contributed by atoms with Gasteiger partial charge in [0.15, 0.2) is 0 Å². The normalized spacial score (nSPS) is 13.0. The summed E-state index contributed by atoms with van der Waals surface area (Å²) in [5.41, 5.74) is 7.39. The molecule has 0 amide bonds. The van der Waals surface area contributed by atoms with Gasteiger partial charge in [-0.2, -0.15) is 10.2 Å². The molecule has 60 valence electrons. The van der Waals surface area contributed by atoms with Crippen LogP contribution in [0.3, 0.4) is 0 Å². The molecule has 3 heteroatoms. The third-order valence-electron chi connectivity index (χ3n) is 1.68. The Morgan fingerprint density at radius 1 is 1.45 bits per heavy atom. The quantitative estimate of drug-likeness (QED) is 0.681. The van der Waals surface area contributed by atoms with Crippen LogP contribution in [0.5, 0.6) is 0 Å². The van der Waals surface area contributed by atoms with E-state index >= 15 is 0 Å². The molecule has 0 saturated carbocycles. The highest BCUT2D eigenvalue weighted by molar-refractivity contribution is 5.09. The first-order chi connectivity index (χ1) is 5.24. The van der Waals surface area contributed by atoms with Gasteiger partial charge >= 0.3 is 0 Å². The Hall–Kier alpha value is -0.960. The van der Waals surface area contributed by atoms with E-state index in [2.05, 4.69) is 10.2 Å². The molecule has 1 atom stereocenters. The topological polar surface area (TPSA) is 51.8 Å². The van der Waals surface area contributed by atoms with E-state index in [1.807, 2.05) is 26.0 Å². The van der Waals surface area contributed by atoms with Crippen molar-refractivity contribution in [3.05, 3.63) is 23.5 Å². The first kappa shape index (κ1) is 8.14. The number of nitrogens with zero attached hydrogens (tertiary/aromatic N) is 2. The lowest BCUT2D eigenvalue weighted by Crippen LogP contribution is -2.10. The summed E-state index contributed by atoms with van der Waals surface area (Å²) in [5.74, 6) is 0.308. The van der Waals surface area contributed by atoms with Gasteiger partial charge in [0, 0.05) is 12.5 Å². The van der Waals surface area contributed by atoms with Gasteiger partial charge in [0.1, 0.15) is 0 Å². The molecule has 0 fully saturated rings. The average molecular weight is 151 g/mol. The maximum Gasteiger partial charge on any atom is 0.0672 e. The van der Waals surface area contributed by atoms with Crippen molar-refractivity contribution in [3.8, 4) is 0 Å². The molecule has 1 aromatic heterocycles. The minimum atomic E-state index is 0.308. The Labute approximate surface area is 66.6 Å². The van der Waals surface area contributed by atoms with Gasteiger partial charge < -0.3 is 5.73 Å². The number of rotatable bonds is 2. The number of aryl methyl sites for hydroxylation is 1. The molecule has 1 heterocycles. The van der Waals surface area contributed by atoms with Crippen LogP contribution >= 0.6 is 0 Å². The minimum Gasteiger partial charge on any atom is -0.330 e. The Kier molecular flexibility index (Phi) is 2.54. The fourth-order valence-corrected chi connectivity index (χ4v) is 0.793. The van der Waals surface area contributed by atoms with Crippen LogP contribution in [0.15, 0.2) is 12.1 Å². The van der Waals surface area contributed by atoms with Gasteiger partial charge in [-0.1, -0.05) is 6.92 Å². The van der Waals surface area contributed by atoms with Crippen LogP contribution in [0.4, 0.5) is 0 Å². The standard InChI is InChI=1S/C8H13N3/c1-6(5-9)8-4-3-7(2)10-11-8/h3-4,6H,5,9H2,1-2H3. The predicted octanol–water partition coefficient (Wildman–Crippen LogP) is 0.847. The molecule has 0 spiro atoms. The highest BCUT2D eigenvalue weighted by atomic mass is 15.1. The zero-order valence-corrected chi connectivity index (χ0v) is 6.91. The van der Waals surface area contributed by atoms with E-state index in [-0.39, 0.29) is 0 Å². The van der Waals surface area contributed by atoms with Gasteiger partial charge in [0.25, 0.3) is 0 Å². The second-order valence-corrected chi connectivity index (χ2v) is 2.74. The number of hydrogen-bond acceptors (Lipinski definition) is 3. The summed E-state index contributed by atoms with van der Waals surface area (Å²) < 4.78 is 0. The molecular weight excluding hydrogens is 138 g/mol. The Morgan fingerprint density at radius 3 is 2.64 bits per heavy atom. The van der Waals surface area contributed by atoms with E-state index in [0.29, 0.717) is 12.5 Å². The summed E-state index contributed by atoms with van der Waals surface area (Å²) >= 11 is 0. The zero-order chi connectivity index (χ0) is 8.27. The molecule has 1 rings (SSSR count). The summed E-state index contributed by atoms with van der Waals surface area (Å²) in [6, 6.07) is 3.92. The lowest BCUT2D eigenvalue weighted by molar-refractivity contribution is 0.719. The molecule has 3 nitrogen and oxygen atoms in total. The van der Waals surface area contributed by atoms with Gasteiger partial charge in [0.05, 0.1) is 11.4 Å². The summed E-state index contributed by atoms with van der Waals surface area (Å²) in [6.07, 6.45) is 0. The van der Waals surface area contributed by atoms with Crippen LogP contribution in [0.2, 0.25) is 0 Å². The second-order valence-electron chi connectivity index (χ2n) is 2.74. The first-order valence-electron chi connectivity index (χ1n) is 3.74. The lowest BCUT2D eigenvalue weighted by atomic mass is 10.1. The van der Waals surface area contributed by atoms with Crippen molar-refractivity contribution < 1.29 is 0 Å². The van der Waals surface area contributed by atoms with E-state index in [4.69, 9.17) is 5.73 Å². The summed E-state index contributed by atoms with van der Waals surface area (Å²) in [7, 11) is 0. The van der Waals surface area contributed by atoms with E-state index in [1.165, 1.54) is 0 Å². The molecule has 0 aromatic carbocycles. The van der Waals surface area contributed by atoms with Crippen LogP contribution in [0.1, 0.15) is 24.2 Å². The van der Waals surface area contributed by atoms with Crippen LogP contribution in [-0.2, 0) is 0 Å². The van der Waals surface area contributed by atoms with Gasteiger partial charge in [-0.15, -0.1) is 0 Å². The Balaban J connectivity index is 2.81. The zero-order valence-electron chi connectivity index (χ0n) is 6.91. The highest BCUT2D eigenvalue weighted by Gasteiger charge is 2.03. The van der Waals surface area contributed by atoms with Crippen molar-refractivity contribution >= 4 is 0 Å². The number of aromatic nitrogens is 2. The van der Waals surface area contributed by atoms with Gasteiger partial charge in [-0.05, 0) is 19.1 Å². The van der Waals surface area contributed by atoms with E-state index in [0.717, 1.165) is 11.4 Å². The molecule has 0 radical (unpaired) electrons. The summed E-state index contributed by atoms with van der Waals surface area (Å²) in [4.78, 5) is 0. The molecule has 0 aliphatic carbocycles. The highest BCUT2D eigenvalue weighted by Crippen LogP contribution is 2.08. The molecule has 0 aliphatic heterocycles. The largest absolute Gasteiger partial charge is 0.330 e. The summed E-state index contributed by atoms with van der Waals surface area (Å²) in [6.45, 7) is 4.58. The van der Waals surface area contributed by atoms with E-state index < -0.39 is 0 Å². The molecule has 11 heavy (non-hydrogen) atoms. The van der Waals surface area contributed by atoms with E-state index in [1.54, 1.807) is 0 Å². The third kappa shape index (κ3) is 1.98. The predicted molar refractivity (Wildman–Crippen MR) is 44.2 cm³/mol. The molecule has 1 aromatic rings. The Morgan fingerprint density at radius 2 is 2.18 bits per heavy atom. The second kappa shape index (κ2) is 3.44. The fourth-order valence-electron chi connectivity index (χ4n) is 0.793. The molecular formula is C8H13N3. The van der Waals surface area contributed by atoms with Crippen LogP contribution < -0.4 is 5.73 Å². The van der Waals surface area contributed by atoms with Gasteiger partial charge in [-0.3, -0.25) is 0 Å². The maximum atomic E-state index is 5.47. The fraction of sp³-hybridized carbons (Fsp3) is 0.500. The van der Waals surface area contributed by atoms with Crippen molar-refractivity contribution in [2.24, 2.45) is 5.73 Å². The molecule has 0 bridgehead atoms. The van der Waals surface area contributed by atoms with Crippen molar-refractivity contribution in [1.82, 2.24) is 10.2 Å². The van der Waals surface area contributed by atoms with Crippen molar-refractivity contribution in [2.45, 2.75) is 19.8 Å². The minimum absolute atomic E-state index is 0.308. The number of hydrogen-bond donors (Lipinski definition) is 1.